The van der Waals surface area contributed by atoms with Gasteiger partial charge in [-0.1, -0.05) is 32.0 Å². The van der Waals surface area contributed by atoms with Gasteiger partial charge in [0.1, 0.15) is 11.8 Å². The Bertz CT molecular complexity index is 637. The summed E-state index contributed by atoms with van der Waals surface area (Å²) >= 11 is 0. The first-order valence-corrected chi connectivity index (χ1v) is 10.0. The Morgan fingerprint density at radius 3 is 2.39 bits per heavy atom. The van der Waals surface area contributed by atoms with Crippen molar-refractivity contribution in [3.05, 3.63) is 30.3 Å². The van der Waals surface area contributed by atoms with Crippen molar-refractivity contribution < 1.29 is 23.8 Å². The van der Waals surface area contributed by atoms with Gasteiger partial charge in [-0.3, -0.25) is 9.59 Å². The second-order valence-corrected chi connectivity index (χ2v) is 7.66. The van der Waals surface area contributed by atoms with Gasteiger partial charge in [-0.25, -0.2) is 0 Å². The fourth-order valence-electron chi connectivity index (χ4n) is 3.63. The number of carbonyl (C=O) groups excluding carboxylic acids is 2. The molecule has 7 nitrogen and oxygen atoms in total. The molecule has 28 heavy (non-hydrogen) atoms. The highest BCUT2D eigenvalue weighted by Gasteiger charge is 2.35. The molecule has 2 amide bonds. The molecule has 1 unspecified atom stereocenters. The van der Waals surface area contributed by atoms with E-state index in [0.717, 1.165) is 12.8 Å². The molecule has 1 aromatic rings. The predicted octanol–water partition coefficient (Wildman–Crippen LogP) is 1.82. The average Bonchev–Trinajstić information content (AvgIpc) is 3.25. The minimum atomic E-state index is -0.553. The number of hydrogen-bond acceptors (Lipinski definition) is 5. The molecule has 0 aliphatic carbocycles. The zero-order valence-corrected chi connectivity index (χ0v) is 16.6. The molecular formula is C21H30N2O5. The van der Waals surface area contributed by atoms with Gasteiger partial charge in [0.05, 0.1) is 13.2 Å². The van der Waals surface area contributed by atoms with Crippen molar-refractivity contribution in [2.24, 2.45) is 11.8 Å². The molecule has 1 aromatic carbocycles. The van der Waals surface area contributed by atoms with Crippen molar-refractivity contribution in [3.8, 4) is 5.75 Å². The third-order valence-corrected chi connectivity index (χ3v) is 5.25. The molecule has 0 radical (unpaired) electrons. The summed E-state index contributed by atoms with van der Waals surface area (Å²) in [5.41, 5.74) is 0. The maximum atomic E-state index is 13.0. The molecule has 1 N–H and O–H groups in total. The van der Waals surface area contributed by atoms with E-state index in [4.69, 9.17) is 14.2 Å². The summed E-state index contributed by atoms with van der Waals surface area (Å²) in [6, 6.07) is 8.61. The largest absolute Gasteiger partial charge is 0.484 e. The maximum Gasteiger partial charge on any atom is 0.258 e. The van der Waals surface area contributed by atoms with E-state index in [0.29, 0.717) is 38.0 Å². The molecule has 0 aromatic heterocycles. The highest BCUT2D eigenvalue weighted by atomic mass is 16.7. The summed E-state index contributed by atoms with van der Waals surface area (Å²) in [6.45, 7) is 6.38. The molecule has 0 saturated carbocycles. The molecule has 0 bridgehead atoms. The molecule has 2 fully saturated rings. The maximum absolute atomic E-state index is 13.0. The van der Waals surface area contributed by atoms with Gasteiger partial charge in [0.2, 0.25) is 5.91 Å². The van der Waals surface area contributed by atoms with Crippen LogP contribution in [0.15, 0.2) is 30.3 Å². The lowest BCUT2D eigenvalue weighted by molar-refractivity contribution is -0.142. The number of rotatable bonds is 7. The van der Waals surface area contributed by atoms with E-state index >= 15 is 0 Å². The van der Waals surface area contributed by atoms with Gasteiger partial charge in [-0.05, 0) is 30.9 Å². The highest BCUT2D eigenvalue weighted by molar-refractivity contribution is 5.88. The van der Waals surface area contributed by atoms with Crippen LogP contribution in [0.5, 0.6) is 5.75 Å². The fraction of sp³-hybridized carbons (Fsp3) is 0.619. The van der Waals surface area contributed by atoms with E-state index in [2.05, 4.69) is 5.32 Å². The SMILES string of the molecule is CC(C)C(NC(=O)COc1ccccc1)C(=O)N1CCC(C2OCCO2)CC1. The van der Waals surface area contributed by atoms with Crippen molar-refractivity contribution in [2.45, 2.75) is 39.0 Å². The quantitative estimate of drug-likeness (QED) is 0.769. The molecular weight excluding hydrogens is 360 g/mol. The van der Waals surface area contributed by atoms with E-state index in [-0.39, 0.29) is 30.6 Å². The topological polar surface area (TPSA) is 77.1 Å². The molecule has 1 atom stereocenters. The number of piperidine rings is 1. The molecule has 2 saturated heterocycles. The number of hydrogen-bond donors (Lipinski definition) is 1. The van der Waals surface area contributed by atoms with Gasteiger partial charge in [-0.15, -0.1) is 0 Å². The normalized spacial score (nSPS) is 19.6. The zero-order valence-electron chi connectivity index (χ0n) is 16.6. The first kappa shape index (κ1) is 20.6. The molecule has 2 heterocycles. The first-order chi connectivity index (χ1) is 13.5. The summed E-state index contributed by atoms with van der Waals surface area (Å²) < 4.78 is 16.7. The Hall–Kier alpha value is -2.12. The first-order valence-electron chi connectivity index (χ1n) is 10.0. The molecule has 0 spiro atoms. The van der Waals surface area contributed by atoms with Crippen LogP contribution in [0.3, 0.4) is 0 Å². The Morgan fingerprint density at radius 1 is 1.14 bits per heavy atom. The number of carbonyl (C=O) groups is 2. The third-order valence-electron chi connectivity index (χ3n) is 5.25. The lowest BCUT2D eigenvalue weighted by Crippen LogP contribution is -2.54. The Morgan fingerprint density at radius 2 is 1.79 bits per heavy atom. The number of amides is 2. The Balaban J connectivity index is 1.48. The predicted molar refractivity (Wildman–Crippen MR) is 104 cm³/mol. The van der Waals surface area contributed by atoms with Gasteiger partial charge in [0.25, 0.3) is 5.91 Å². The van der Waals surface area contributed by atoms with Gasteiger partial charge < -0.3 is 24.4 Å². The minimum absolute atomic E-state index is 0.00704. The van der Waals surface area contributed by atoms with Crippen LogP contribution in [-0.4, -0.2) is 62.0 Å². The summed E-state index contributed by atoms with van der Waals surface area (Å²) in [5.74, 6) is 0.627. The standard InChI is InChI=1S/C21H30N2O5/c1-15(2)19(22-18(24)14-28-17-6-4-3-5-7-17)20(25)23-10-8-16(9-11-23)21-26-12-13-27-21/h3-7,15-16,19,21H,8-14H2,1-2H3,(H,22,24). The van der Waals surface area contributed by atoms with Crippen LogP contribution >= 0.6 is 0 Å². The second-order valence-electron chi connectivity index (χ2n) is 7.66. The van der Waals surface area contributed by atoms with Crippen LogP contribution in [0.1, 0.15) is 26.7 Å². The summed E-state index contributed by atoms with van der Waals surface area (Å²) in [4.78, 5) is 27.1. The number of nitrogens with one attached hydrogen (secondary N) is 1. The number of ether oxygens (including phenoxy) is 3. The number of likely N-dealkylation sites (tertiary alicyclic amines) is 1. The summed E-state index contributed by atoms with van der Waals surface area (Å²) in [7, 11) is 0. The monoisotopic (exact) mass is 390 g/mol. The van der Waals surface area contributed by atoms with Gasteiger partial charge in [-0.2, -0.15) is 0 Å². The van der Waals surface area contributed by atoms with Crippen LogP contribution in [0.2, 0.25) is 0 Å². The van der Waals surface area contributed by atoms with Crippen molar-refractivity contribution in [1.82, 2.24) is 10.2 Å². The molecule has 2 aliphatic heterocycles. The molecule has 7 heteroatoms. The lowest BCUT2D eigenvalue weighted by atomic mass is 9.94. The van der Waals surface area contributed by atoms with E-state index in [9.17, 15) is 9.59 Å². The van der Waals surface area contributed by atoms with Crippen LogP contribution in [0.25, 0.3) is 0 Å². The van der Waals surface area contributed by atoms with Gasteiger partial charge in [0.15, 0.2) is 12.9 Å². The number of benzene rings is 1. The smallest absolute Gasteiger partial charge is 0.258 e. The second kappa shape index (κ2) is 9.89. The highest BCUT2D eigenvalue weighted by Crippen LogP contribution is 2.26. The van der Waals surface area contributed by atoms with E-state index in [1.807, 2.05) is 36.9 Å². The number of nitrogens with zero attached hydrogens (tertiary/aromatic N) is 1. The van der Waals surface area contributed by atoms with Crippen LogP contribution in [0.4, 0.5) is 0 Å². The van der Waals surface area contributed by atoms with Crippen molar-refractivity contribution in [1.29, 1.82) is 0 Å². The van der Waals surface area contributed by atoms with Crippen molar-refractivity contribution in [2.75, 3.05) is 32.9 Å². The van der Waals surface area contributed by atoms with Crippen LogP contribution in [0, 0.1) is 11.8 Å². The van der Waals surface area contributed by atoms with E-state index in [1.54, 1.807) is 12.1 Å². The van der Waals surface area contributed by atoms with Crippen LogP contribution < -0.4 is 10.1 Å². The van der Waals surface area contributed by atoms with Crippen molar-refractivity contribution >= 4 is 11.8 Å². The molecule has 154 valence electrons. The molecule has 2 aliphatic rings. The van der Waals surface area contributed by atoms with Gasteiger partial charge >= 0.3 is 0 Å². The summed E-state index contributed by atoms with van der Waals surface area (Å²) in [6.07, 6.45) is 1.58. The van der Waals surface area contributed by atoms with Gasteiger partial charge in [0, 0.05) is 19.0 Å². The fourth-order valence-corrected chi connectivity index (χ4v) is 3.63. The Labute approximate surface area is 166 Å². The number of para-hydroxylation sites is 1. The van der Waals surface area contributed by atoms with Crippen LogP contribution in [-0.2, 0) is 19.1 Å². The zero-order chi connectivity index (χ0) is 19.9. The van der Waals surface area contributed by atoms with Crippen molar-refractivity contribution in [3.63, 3.8) is 0 Å². The minimum Gasteiger partial charge on any atom is -0.484 e. The third kappa shape index (κ3) is 5.45. The molecule has 3 rings (SSSR count). The lowest BCUT2D eigenvalue weighted by Gasteiger charge is -2.36. The average molecular weight is 390 g/mol. The summed E-state index contributed by atoms with van der Waals surface area (Å²) in [5, 5.41) is 2.85. The van der Waals surface area contributed by atoms with E-state index in [1.165, 1.54) is 0 Å². The Kier molecular flexibility index (Phi) is 7.28. The van der Waals surface area contributed by atoms with E-state index < -0.39 is 6.04 Å².